The number of hydrogen-bond acceptors (Lipinski definition) is 4. The second kappa shape index (κ2) is 7.70. The average molecular weight is 393 g/mol. The first-order chi connectivity index (χ1) is 13.6. The fourth-order valence-corrected chi connectivity index (χ4v) is 2.88. The number of carbonyl (C=O) groups excluding carboxylic acids is 1. The Hall–Kier alpha value is -3.38. The monoisotopic (exact) mass is 392 g/mol. The number of hydrogen-bond donors (Lipinski definition) is 1. The van der Waals surface area contributed by atoms with Crippen LogP contribution in [-0.4, -0.2) is 27.5 Å². The van der Waals surface area contributed by atoms with Crippen LogP contribution in [0.15, 0.2) is 66.7 Å². The molecule has 0 radical (unpaired) electrons. The molecular formula is C21H17ClN4O2. The molecule has 1 heterocycles. The molecule has 1 N–H and O–H groups in total. The van der Waals surface area contributed by atoms with Crippen molar-refractivity contribution in [1.29, 1.82) is 0 Å². The van der Waals surface area contributed by atoms with Crippen molar-refractivity contribution in [1.82, 2.24) is 15.0 Å². The Kier molecular flexibility index (Phi) is 4.95. The van der Waals surface area contributed by atoms with E-state index in [0.717, 1.165) is 17.0 Å². The molecule has 0 saturated carbocycles. The normalized spacial score (nSPS) is 10.8. The maximum Gasteiger partial charge on any atom is 0.255 e. The molecule has 0 spiro atoms. The van der Waals surface area contributed by atoms with E-state index in [4.69, 9.17) is 16.3 Å². The highest BCUT2D eigenvalue weighted by molar-refractivity contribution is 6.30. The highest BCUT2D eigenvalue weighted by atomic mass is 35.5. The van der Waals surface area contributed by atoms with E-state index >= 15 is 0 Å². The van der Waals surface area contributed by atoms with Crippen molar-refractivity contribution in [3.05, 3.63) is 77.3 Å². The molecule has 3 aromatic carbocycles. The first kappa shape index (κ1) is 18.0. The van der Waals surface area contributed by atoms with Gasteiger partial charge in [-0.05, 0) is 73.7 Å². The van der Waals surface area contributed by atoms with Gasteiger partial charge in [-0.2, -0.15) is 4.80 Å². The Balaban J connectivity index is 1.54. The molecule has 0 atom stereocenters. The molecule has 7 heteroatoms. The summed E-state index contributed by atoms with van der Waals surface area (Å²) in [5.41, 5.74) is 3.41. The number of amides is 1. The predicted molar refractivity (Wildman–Crippen MR) is 109 cm³/mol. The van der Waals surface area contributed by atoms with E-state index in [1.165, 1.54) is 0 Å². The number of fused-ring (bicyclic) bond motifs is 1. The van der Waals surface area contributed by atoms with Crippen molar-refractivity contribution in [3.63, 3.8) is 0 Å². The van der Waals surface area contributed by atoms with E-state index in [0.29, 0.717) is 28.4 Å². The minimum Gasteiger partial charge on any atom is -0.494 e. The van der Waals surface area contributed by atoms with Gasteiger partial charge >= 0.3 is 0 Å². The highest BCUT2D eigenvalue weighted by Crippen LogP contribution is 2.20. The van der Waals surface area contributed by atoms with E-state index in [-0.39, 0.29) is 5.91 Å². The van der Waals surface area contributed by atoms with Crippen LogP contribution in [0.2, 0.25) is 5.02 Å². The summed E-state index contributed by atoms with van der Waals surface area (Å²) in [6.45, 7) is 2.50. The third-order valence-electron chi connectivity index (χ3n) is 4.12. The fourth-order valence-electron chi connectivity index (χ4n) is 2.75. The zero-order valence-corrected chi connectivity index (χ0v) is 15.8. The van der Waals surface area contributed by atoms with Gasteiger partial charge < -0.3 is 10.1 Å². The first-order valence-electron chi connectivity index (χ1n) is 8.79. The predicted octanol–water partition coefficient (Wildman–Crippen LogP) is 4.72. The minimum absolute atomic E-state index is 0.201. The molecule has 1 aromatic heterocycles. The summed E-state index contributed by atoms with van der Waals surface area (Å²) in [6.07, 6.45) is 0. The summed E-state index contributed by atoms with van der Waals surface area (Å²) in [5.74, 6) is 0.534. The summed E-state index contributed by atoms with van der Waals surface area (Å²) < 4.78 is 5.40. The Morgan fingerprint density at radius 1 is 1.00 bits per heavy atom. The van der Waals surface area contributed by atoms with Crippen molar-refractivity contribution in [2.24, 2.45) is 0 Å². The topological polar surface area (TPSA) is 69.0 Å². The largest absolute Gasteiger partial charge is 0.494 e. The van der Waals surface area contributed by atoms with Gasteiger partial charge in [0.1, 0.15) is 16.8 Å². The molecule has 1 amide bonds. The number of ether oxygens (including phenoxy) is 1. The number of rotatable bonds is 5. The Bertz CT molecular complexity index is 1120. The number of anilines is 1. The molecule has 28 heavy (non-hydrogen) atoms. The van der Waals surface area contributed by atoms with Gasteiger partial charge in [0, 0.05) is 16.3 Å². The van der Waals surface area contributed by atoms with E-state index < -0.39 is 0 Å². The number of aromatic nitrogens is 3. The second-order valence-electron chi connectivity index (χ2n) is 6.08. The van der Waals surface area contributed by atoms with Crippen LogP contribution in [0.3, 0.4) is 0 Å². The van der Waals surface area contributed by atoms with Crippen LogP contribution >= 0.6 is 11.6 Å². The summed E-state index contributed by atoms with van der Waals surface area (Å²) >= 11 is 5.92. The SMILES string of the molecule is CCOc1ccc(C(=O)Nc2ccc3nn(-c4ccc(Cl)cc4)nc3c2)cc1. The van der Waals surface area contributed by atoms with E-state index in [1.807, 2.05) is 25.1 Å². The smallest absolute Gasteiger partial charge is 0.255 e. The van der Waals surface area contributed by atoms with Crippen LogP contribution in [0.1, 0.15) is 17.3 Å². The molecule has 140 valence electrons. The third kappa shape index (κ3) is 3.82. The molecule has 4 aromatic rings. The van der Waals surface area contributed by atoms with Gasteiger partial charge in [-0.15, -0.1) is 10.2 Å². The molecule has 0 aliphatic carbocycles. The standard InChI is InChI=1S/C21H17ClN4O2/c1-2-28-18-10-3-14(4-11-18)21(27)23-16-7-12-19-20(13-16)25-26(24-19)17-8-5-15(22)6-9-17/h3-13H,2H2,1H3,(H,23,27). The lowest BCUT2D eigenvalue weighted by Crippen LogP contribution is -2.11. The van der Waals surface area contributed by atoms with Crippen LogP contribution in [0.25, 0.3) is 16.7 Å². The molecule has 0 aliphatic rings. The van der Waals surface area contributed by atoms with Crippen molar-refractivity contribution < 1.29 is 9.53 Å². The maximum absolute atomic E-state index is 12.5. The Morgan fingerprint density at radius 2 is 1.71 bits per heavy atom. The van der Waals surface area contributed by atoms with Gasteiger partial charge in [-0.1, -0.05) is 11.6 Å². The molecule has 0 aliphatic heterocycles. The molecule has 6 nitrogen and oxygen atoms in total. The Labute approximate surface area is 166 Å². The van der Waals surface area contributed by atoms with Crippen LogP contribution in [0.5, 0.6) is 5.75 Å². The zero-order valence-electron chi connectivity index (χ0n) is 15.1. The van der Waals surface area contributed by atoms with Gasteiger partial charge in [0.15, 0.2) is 0 Å². The van der Waals surface area contributed by atoms with Gasteiger partial charge in [-0.3, -0.25) is 4.79 Å². The maximum atomic E-state index is 12.5. The van der Waals surface area contributed by atoms with Gasteiger partial charge in [-0.25, -0.2) is 0 Å². The van der Waals surface area contributed by atoms with Crippen molar-refractivity contribution in [2.45, 2.75) is 6.92 Å². The summed E-state index contributed by atoms with van der Waals surface area (Å²) in [5, 5.41) is 12.5. The fraction of sp³-hybridized carbons (Fsp3) is 0.0952. The number of carbonyl (C=O) groups is 1. The molecular weight excluding hydrogens is 376 g/mol. The summed E-state index contributed by atoms with van der Waals surface area (Å²) in [6, 6.07) is 19.7. The number of nitrogens with zero attached hydrogens (tertiary/aromatic N) is 3. The van der Waals surface area contributed by atoms with Crippen molar-refractivity contribution >= 4 is 34.2 Å². The van der Waals surface area contributed by atoms with Crippen molar-refractivity contribution in [3.8, 4) is 11.4 Å². The van der Waals surface area contributed by atoms with Crippen LogP contribution < -0.4 is 10.1 Å². The van der Waals surface area contributed by atoms with Crippen molar-refractivity contribution in [2.75, 3.05) is 11.9 Å². The number of halogens is 1. The lowest BCUT2D eigenvalue weighted by molar-refractivity contribution is 0.102. The van der Waals surface area contributed by atoms with E-state index in [9.17, 15) is 4.79 Å². The van der Waals surface area contributed by atoms with Crippen LogP contribution in [-0.2, 0) is 0 Å². The highest BCUT2D eigenvalue weighted by Gasteiger charge is 2.09. The number of nitrogens with one attached hydrogen (secondary N) is 1. The second-order valence-corrected chi connectivity index (χ2v) is 6.52. The quantitative estimate of drug-likeness (QED) is 0.533. The molecule has 0 unspecified atom stereocenters. The molecule has 0 bridgehead atoms. The van der Waals surface area contributed by atoms with Gasteiger partial charge in [0.25, 0.3) is 5.91 Å². The van der Waals surface area contributed by atoms with Gasteiger partial charge in [0.2, 0.25) is 0 Å². The Morgan fingerprint density at radius 3 is 2.43 bits per heavy atom. The lowest BCUT2D eigenvalue weighted by Gasteiger charge is -2.06. The lowest BCUT2D eigenvalue weighted by atomic mass is 10.2. The summed E-state index contributed by atoms with van der Waals surface area (Å²) in [7, 11) is 0. The first-order valence-corrected chi connectivity index (χ1v) is 9.17. The van der Waals surface area contributed by atoms with Crippen LogP contribution in [0.4, 0.5) is 5.69 Å². The molecule has 0 fully saturated rings. The molecule has 4 rings (SSSR count). The molecule has 0 saturated heterocycles. The minimum atomic E-state index is -0.201. The van der Waals surface area contributed by atoms with E-state index in [2.05, 4.69) is 15.5 Å². The van der Waals surface area contributed by atoms with Gasteiger partial charge in [0.05, 0.1) is 12.3 Å². The average Bonchev–Trinajstić information content (AvgIpc) is 3.12. The number of benzene rings is 3. The zero-order chi connectivity index (χ0) is 19.5. The summed E-state index contributed by atoms with van der Waals surface area (Å²) in [4.78, 5) is 14.0. The third-order valence-corrected chi connectivity index (χ3v) is 4.38. The van der Waals surface area contributed by atoms with Crippen LogP contribution in [0, 0.1) is 0 Å². The van der Waals surface area contributed by atoms with E-state index in [1.54, 1.807) is 53.3 Å².